The molecule has 0 amide bonds. The molecular weight excluding hydrogens is 220 g/mol. The van der Waals surface area contributed by atoms with Crippen LogP contribution in [-0.2, 0) is 13.0 Å². The molecule has 1 aliphatic carbocycles. The van der Waals surface area contributed by atoms with Gasteiger partial charge in [-0.05, 0) is 49.1 Å². The molecule has 18 heavy (non-hydrogen) atoms. The summed E-state index contributed by atoms with van der Waals surface area (Å²) in [5.74, 6) is 0. The lowest BCUT2D eigenvalue weighted by atomic mass is 9.78. The van der Waals surface area contributed by atoms with Crippen molar-refractivity contribution in [2.75, 3.05) is 24.5 Å². The van der Waals surface area contributed by atoms with Gasteiger partial charge in [0, 0.05) is 30.7 Å². The minimum absolute atomic E-state index is 0.703. The van der Waals surface area contributed by atoms with Gasteiger partial charge >= 0.3 is 0 Å². The summed E-state index contributed by atoms with van der Waals surface area (Å²) in [5.41, 5.74) is 5.23. The third kappa shape index (κ3) is 1.66. The van der Waals surface area contributed by atoms with Crippen molar-refractivity contribution in [3.63, 3.8) is 0 Å². The number of nitrogens with one attached hydrogen (secondary N) is 1. The molecule has 3 aliphatic rings. The summed E-state index contributed by atoms with van der Waals surface area (Å²) < 4.78 is 0. The summed E-state index contributed by atoms with van der Waals surface area (Å²) >= 11 is 0. The van der Waals surface area contributed by atoms with Gasteiger partial charge < -0.3 is 10.2 Å². The number of fused-ring (bicyclic) bond motifs is 1. The SMILES string of the molecule is c1cc2c(cc1N1CC3(CCCC3)C1)CNCC2. The predicted octanol–water partition coefficient (Wildman–Crippen LogP) is 2.71. The summed E-state index contributed by atoms with van der Waals surface area (Å²) in [7, 11) is 0. The fourth-order valence-corrected chi connectivity index (χ4v) is 4.05. The molecule has 2 heterocycles. The second-order valence-electron chi connectivity index (χ2n) is 6.44. The summed E-state index contributed by atoms with van der Waals surface area (Å²) in [6.07, 6.45) is 7.05. The molecule has 1 N–H and O–H groups in total. The Morgan fingerprint density at radius 3 is 2.72 bits per heavy atom. The second kappa shape index (κ2) is 3.99. The highest BCUT2D eigenvalue weighted by molar-refractivity contribution is 5.54. The zero-order valence-corrected chi connectivity index (χ0v) is 11.0. The normalized spacial score (nSPS) is 25.0. The molecule has 1 aromatic rings. The first-order valence-electron chi connectivity index (χ1n) is 7.42. The fourth-order valence-electron chi connectivity index (χ4n) is 4.05. The van der Waals surface area contributed by atoms with Crippen LogP contribution in [0.25, 0.3) is 0 Å². The van der Waals surface area contributed by atoms with Crippen LogP contribution in [0.1, 0.15) is 36.8 Å². The van der Waals surface area contributed by atoms with Crippen LogP contribution in [0.5, 0.6) is 0 Å². The van der Waals surface area contributed by atoms with Gasteiger partial charge in [0.15, 0.2) is 0 Å². The number of hydrogen-bond donors (Lipinski definition) is 1. The van der Waals surface area contributed by atoms with E-state index in [-0.39, 0.29) is 0 Å². The standard InChI is InChI=1S/C16H22N2/c1-2-7-16(6-1)11-18(12-16)15-4-3-13-5-8-17-10-14(13)9-15/h3-4,9,17H,1-2,5-8,10-12H2. The van der Waals surface area contributed by atoms with Gasteiger partial charge in [-0.2, -0.15) is 0 Å². The van der Waals surface area contributed by atoms with Crippen molar-refractivity contribution < 1.29 is 0 Å². The van der Waals surface area contributed by atoms with E-state index < -0.39 is 0 Å². The van der Waals surface area contributed by atoms with Crippen molar-refractivity contribution in [3.8, 4) is 0 Å². The van der Waals surface area contributed by atoms with Crippen LogP contribution in [-0.4, -0.2) is 19.6 Å². The van der Waals surface area contributed by atoms with E-state index in [0.29, 0.717) is 5.41 Å². The molecule has 0 unspecified atom stereocenters. The van der Waals surface area contributed by atoms with E-state index in [1.807, 2.05) is 0 Å². The number of nitrogens with zero attached hydrogens (tertiary/aromatic N) is 1. The van der Waals surface area contributed by atoms with Gasteiger partial charge in [-0.15, -0.1) is 0 Å². The zero-order valence-electron chi connectivity index (χ0n) is 11.0. The molecule has 4 rings (SSSR count). The molecule has 1 spiro atoms. The highest BCUT2D eigenvalue weighted by Crippen LogP contribution is 2.47. The lowest BCUT2D eigenvalue weighted by molar-refractivity contribution is 0.222. The maximum absolute atomic E-state index is 3.47. The molecule has 0 bridgehead atoms. The van der Waals surface area contributed by atoms with Gasteiger partial charge in [-0.3, -0.25) is 0 Å². The van der Waals surface area contributed by atoms with Crippen molar-refractivity contribution in [1.82, 2.24) is 5.32 Å². The first kappa shape index (κ1) is 10.9. The Balaban J connectivity index is 1.52. The molecule has 1 aromatic carbocycles. The van der Waals surface area contributed by atoms with Gasteiger partial charge in [-0.25, -0.2) is 0 Å². The quantitative estimate of drug-likeness (QED) is 0.814. The Hall–Kier alpha value is -1.02. The number of anilines is 1. The van der Waals surface area contributed by atoms with Crippen LogP contribution in [0.4, 0.5) is 5.69 Å². The lowest BCUT2D eigenvalue weighted by Crippen LogP contribution is -2.55. The predicted molar refractivity (Wildman–Crippen MR) is 75.0 cm³/mol. The minimum atomic E-state index is 0.703. The molecule has 2 nitrogen and oxygen atoms in total. The molecule has 0 atom stereocenters. The van der Waals surface area contributed by atoms with E-state index in [4.69, 9.17) is 0 Å². The van der Waals surface area contributed by atoms with Crippen molar-refractivity contribution in [1.29, 1.82) is 0 Å². The largest absolute Gasteiger partial charge is 0.370 e. The first-order chi connectivity index (χ1) is 8.85. The second-order valence-corrected chi connectivity index (χ2v) is 6.44. The molecule has 96 valence electrons. The fraction of sp³-hybridized carbons (Fsp3) is 0.625. The molecule has 2 aliphatic heterocycles. The van der Waals surface area contributed by atoms with E-state index >= 15 is 0 Å². The van der Waals surface area contributed by atoms with Gasteiger partial charge in [0.25, 0.3) is 0 Å². The van der Waals surface area contributed by atoms with Crippen LogP contribution in [0.3, 0.4) is 0 Å². The van der Waals surface area contributed by atoms with E-state index in [9.17, 15) is 0 Å². The summed E-state index contributed by atoms with van der Waals surface area (Å²) in [6.45, 7) is 4.81. The Bertz CT molecular complexity index is 452. The highest BCUT2D eigenvalue weighted by Gasteiger charge is 2.44. The average molecular weight is 242 g/mol. The van der Waals surface area contributed by atoms with Gasteiger partial charge in [0.1, 0.15) is 0 Å². The van der Waals surface area contributed by atoms with Crippen molar-refractivity contribution in [3.05, 3.63) is 29.3 Å². The van der Waals surface area contributed by atoms with E-state index in [1.54, 1.807) is 5.56 Å². The van der Waals surface area contributed by atoms with Gasteiger partial charge in [0.2, 0.25) is 0 Å². The Morgan fingerprint density at radius 1 is 1.06 bits per heavy atom. The summed E-state index contributed by atoms with van der Waals surface area (Å²) in [6, 6.07) is 7.11. The number of rotatable bonds is 1. The summed E-state index contributed by atoms with van der Waals surface area (Å²) in [5, 5.41) is 3.47. The highest BCUT2D eigenvalue weighted by atomic mass is 15.2. The molecule has 0 aromatic heterocycles. The Kier molecular flexibility index (Phi) is 2.41. The number of benzene rings is 1. The molecule has 1 saturated carbocycles. The topological polar surface area (TPSA) is 15.3 Å². The lowest BCUT2D eigenvalue weighted by Gasteiger charge is -2.50. The Morgan fingerprint density at radius 2 is 1.89 bits per heavy atom. The van der Waals surface area contributed by atoms with Gasteiger partial charge in [0.05, 0.1) is 0 Å². The monoisotopic (exact) mass is 242 g/mol. The van der Waals surface area contributed by atoms with Crippen LogP contribution >= 0.6 is 0 Å². The molecule has 1 saturated heterocycles. The maximum Gasteiger partial charge on any atom is 0.0370 e. The van der Waals surface area contributed by atoms with Crippen LogP contribution < -0.4 is 10.2 Å². The number of hydrogen-bond acceptors (Lipinski definition) is 2. The van der Waals surface area contributed by atoms with E-state index in [2.05, 4.69) is 28.4 Å². The molecule has 0 radical (unpaired) electrons. The van der Waals surface area contributed by atoms with Crippen LogP contribution in [0, 0.1) is 5.41 Å². The smallest absolute Gasteiger partial charge is 0.0370 e. The Labute approximate surface area is 109 Å². The van der Waals surface area contributed by atoms with Crippen molar-refractivity contribution in [2.45, 2.75) is 38.6 Å². The summed E-state index contributed by atoms with van der Waals surface area (Å²) in [4.78, 5) is 2.58. The van der Waals surface area contributed by atoms with E-state index in [0.717, 1.165) is 13.1 Å². The third-order valence-corrected chi connectivity index (χ3v) is 5.16. The average Bonchev–Trinajstić information content (AvgIpc) is 2.86. The van der Waals surface area contributed by atoms with Crippen molar-refractivity contribution >= 4 is 5.69 Å². The molecular formula is C16H22N2. The van der Waals surface area contributed by atoms with Crippen LogP contribution in [0.2, 0.25) is 0 Å². The van der Waals surface area contributed by atoms with Crippen LogP contribution in [0.15, 0.2) is 18.2 Å². The first-order valence-corrected chi connectivity index (χ1v) is 7.42. The third-order valence-electron chi connectivity index (χ3n) is 5.16. The zero-order chi connectivity index (χ0) is 12.0. The minimum Gasteiger partial charge on any atom is -0.370 e. The molecule has 2 heteroatoms. The van der Waals surface area contributed by atoms with Crippen molar-refractivity contribution in [2.24, 2.45) is 5.41 Å². The van der Waals surface area contributed by atoms with Gasteiger partial charge in [-0.1, -0.05) is 18.9 Å². The van der Waals surface area contributed by atoms with E-state index in [1.165, 1.54) is 56.4 Å². The molecule has 2 fully saturated rings. The maximum atomic E-state index is 3.47.